The molecule has 1 heterocycles. The summed E-state index contributed by atoms with van der Waals surface area (Å²) in [5.41, 5.74) is 7.59. The van der Waals surface area contributed by atoms with Crippen LogP contribution in [0.3, 0.4) is 0 Å². The number of nitrogens with zero attached hydrogens (tertiary/aromatic N) is 3. The fourth-order valence-corrected chi connectivity index (χ4v) is 1.57. The summed E-state index contributed by atoms with van der Waals surface area (Å²) in [5.74, 6) is 0. The first kappa shape index (κ1) is 11.9. The number of hydrogen-bond acceptors (Lipinski definition) is 5. The standard InChI is InChI=1S/C11H13N5O2/c1-15-5-4-8(14-15)7-13-11-3-2-9(16(17)18)6-10(11)12/h2-6,13H,7,12H2,1H3. The molecule has 0 radical (unpaired) electrons. The highest BCUT2D eigenvalue weighted by molar-refractivity contribution is 5.69. The van der Waals surface area contributed by atoms with Crippen LogP contribution in [-0.2, 0) is 13.6 Å². The number of non-ortho nitro benzene ring substituents is 1. The van der Waals surface area contributed by atoms with E-state index in [-0.39, 0.29) is 5.69 Å². The third-order valence-corrected chi connectivity index (χ3v) is 2.47. The van der Waals surface area contributed by atoms with Crippen molar-refractivity contribution in [3.8, 4) is 0 Å². The summed E-state index contributed by atoms with van der Waals surface area (Å²) >= 11 is 0. The predicted octanol–water partition coefficient (Wildman–Crippen LogP) is 1.52. The fourth-order valence-electron chi connectivity index (χ4n) is 1.57. The van der Waals surface area contributed by atoms with Crippen molar-refractivity contribution >= 4 is 17.1 Å². The van der Waals surface area contributed by atoms with Gasteiger partial charge >= 0.3 is 0 Å². The van der Waals surface area contributed by atoms with Gasteiger partial charge in [-0.1, -0.05) is 0 Å². The number of hydrogen-bond donors (Lipinski definition) is 2. The van der Waals surface area contributed by atoms with Crippen LogP contribution in [0.1, 0.15) is 5.69 Å². The number of rotatable bonds is 4. The molecule has 2 aromatic rings. The van der Waals surface area contributed by atoms with Crippen molar-refractivity contribution in [3.63, 3.8) is 0 Å². The lowest BCUT2D eigenvalue weighted by molar-refractivity contribution is -0.384. The Kier molecular flexibility index (Phi) is 3.13. The topological polar surface area (TPSA) is 99.0 Å². The Morgan fingerprint density at radius 1 is 1.50 bits per heavy atom. The van der Waals surface area contributed by atoms with Crippen LogP contribution in [0.4, 0.5) is 17.1 Å². The van der Waals surface area contributed by atoms with E-state index >= 15 is 0 Å². The van der Waals surface area contributed by atoms with Gasteiger partial charge in [-0.25, -0.2) is 0 Å². The van der Waals surface area contributed by atoms with Crippen molar-refractivity contribution < 1.29 is 4.92 Å². The second-order valence-electron chi connectivity index (χ2n) is 3.86. The second kappa shape index (κ2) is 4.74. The van der Waals surface area contributed by atoms with Crippen LogP contribution in [0.5, 0.6) is 0 Å². The zero-order chi connectivity index (χ0) is 13.1. The molecule has 0 aliphatic carbocycles. The van der Waals surface area contributed by atoms with Crippen LogP contribution < -0.4 is 11.1 Å². The SMILES string of the molecule is Cn1ccc(CNc2ccc([N+](=O)[O-])cc2N)n1. The number of nitro groups is 1. The van der Waals surface area contributed by atoms with Gasteiger partial charge in [0.05, 0.1) is 28.5 Å². The minimum Gasteiger partial charge on any atom is -0.397 e. The monoisotopic (exact) mass is 247 g/mol. The molecule has 0 aliphatic rings. The van der Waals surface area contributed by atoms with E-state index in [1.54, 1.807) is 10.7 Å². The Bertz CT molecular complexity index is 579. The van der Waals surface area contributed by atoms with Crippen molar-refractivity contribution in [3.05, 3.63) is 46.3 Å². The van der Waals surface area contributed by atoms with Crippen LogP contribution in [0.2, 0.25) is 0 Å². The molecule has 0 fully saturated rings. The van der Waals surface area contributed by atoms with Gasteiger partial charge in [-0.05, 0) is 12.1 Å². The molecule has 18 heavy (non-hydrogen) atoms. The highest BCUT2D eigenvalue weighted by Gasteiger charge is 2.08. The van der Waals surface area contributed by atoms with E-state index in [2.05, 4.69) is 10.4 Å². The van der Waals surface area contributed by atoms with E-state index in [4.69, 9.17) is 5.73 Å². The van der Waals surface area contributed by atoms with Crippen LogP contribution in [0, 0.1) is 10.1 Å². The summed E-state index contributed by atoms with van der Waals surface area (Å²) in [6.45, 7) is 0.517. The minimum atomic E-state index is -0.473. The normalized spacial score (nSPS) is 10.3. The van der Waals surface area contributed by atoms with E-state index in [1.807, 2.05) is 19.3 Å². The molecule has 0 atom stereocenters. The Balaban J connectivity index is 2.08. The average Bonchev–Trinajstić information content (AvgIpc) is 2.73. The molecule has 7 heteroatoms. The zero-order valence-corrected chi connectivity index (χ0v) is 9.83. The molecular weight excluding hydrogens is 234 g/mol. The van der Waals surface area contributed by atoms with Gasteiger partial charge in [0, 0.05) is 25.4 Å². The molecule has 0 aliphatic heterocycles. The number of nitrogens with two attached hydrogens (primary N) is 1. The molecule has 3 N–H and O–H groups in total. The predicted molar refractivity (Wildman–Crippen MR) is 68.0 cm³/mol. The zero-order valence-electron chi connectivity index (χ0n) is 9.83. The van der Waals surface area contributed by atoms with Crippen molar-refractivity contribution in [2.75, 3.05) is 11.1 Å². The highest BCUT2D eigenvalue weighted by Crippen LogP contribution is 2.24. The first-order chi connectivity index (χ1) is 8.56. The van der Waals surface area contributed by atoms with Crippen LogP contribution >= 0.6 is 0 Å². The lowest BCUT2D eigenvalue weighted by Gasteiger charge is -2.07. The fraction of sp³-hybridized carbons (Fsp3) is 0.182. The van der Waals surface area contributed by atoms with Gasteiger partial charge in [0.2, 0.25) is 0 Å². The van der Waals surface area contributed by atoms with Gasteiger partial charge in [-0.3, -0.25) is 14.8 Å². The Hall–Kier alpha value is -2.57. The van der Waals surface area contributed by atoms with E-state index in [0.717, 1.165) is 5.69 Å². The molecule has 0 amide bonds. The Morgan fingerprint density at radius 3 is 2.83 bits per heavy atom. The number of nitro benzene ring substituents is 1. The van der Waals surface area contributed by atoms with Gasteiger partial charge in [0.1, 0.15) is 0 Å². The molecule has 7 nitrogen and oxygen atoms in total. The van der Waals surface area contributed by atoms with Crippen LogP contribution in [-0.4, -0.2) is 14.7 Å². The molecule has 0 spiro atoms. The van der Waals surface area contributed by atoms with Crippen molar-refractivity contribution in [2.45, 2.75) is 6.54 Å². The van der Waals surface area contributed by atoms with E-state index in [0.29, 0.717) is 17.9 Å². The number of nitrogens with one attached hydrogen (secondary N) is 1. The Labute approximate surface area is 103 Å². The lowest BCUT2D eigenvalue weighted by atomic mass is 10.2. The number of benzene rings is 1. The molecule has 1 aromatic heterocycles. The molecule has 2 rings (SSSR count). The second-order valence-corrected chi connectivity index (χ2v) is 3.86. The van der Waals surface area contributed by atoms with Gasteiger partial charge in [0.15, 0.2) is 0 Å². The smallest absolute Gasteiger partial charge is 0.271 e. The molecule has 0 saturated heterocycles. The number of nitrogen functional groups attached to an aromatic ring is 1. The number of aromatic nitrogens is 2. The van der Waals surface area contributed by atoms with Crippen LogP contribution in [0.25, 0.3) is 0 Å². The molecule has 0 saturated carbocycles. The van der Waals surface area contributed by atoms with Gasteiger partial charge < -0.3 is 11.1 Å². The maximum atomic E-state index is 10.6. The minimum absolute atomic E-state index is 0.0177. The molecule has 94 valence electrons. The van der Waals surface area contributed by atoms with Crippen LogP contribution in [0.15, 0.2) is 30.5 Å². The van der Waals surface area contributed by atoms with Crippen molar-refractivity contribution in [2.24, 2.45) is 7.05 Å². The van der Waals surface area contributed by atoms with Crippen molar-refractivity contribution in [1.29, 1.82) is 0 Å². The first-order valence-electron chi connectivity index (χ1n) is 5.32. The number of aryl methyl sites for hydroxylation is 1. The van der Waals surface area contributed by atoms with Gasteiger partial charge in [-0.2, -0.15) is 5.10 Å². The lowest BCUT2D eigenvalue weighted by Crippen LogP contribution is -2.04. The summed E-state index contributed by atoms with van der Waals surface area (Å²) < 4.78 is 1.70. The molecular formula is C11H13N5O2. The maximum absolute atomic E-state index is 10.6. The van der Waals surface area contributed by atoms with E-state index in [9.17, 15) is 10.1 Å². The molecule has 0 unspecified atom stereocenters. The highest BCUT2D eigenvalue weighted by atomic mass is 16.6. The summed E-state index contributed by atoms with van der Waals surface area (Å²) in [6.07, 6.45) is 1.84. The van der Waals surface area contributed by atoms with Crippen molar-refractivity contribution in [1.82, 2.24) is 9.78 Å². The van der Waals surface area contributed by atoms with E-state index in [1.165, 1.54) is 12.1 Å². The largest absolute Gasteiger partial charge is 0.397 e. The summed E-state index contributed by atoms with van der Waals surface area (Å²) in [7, 11) is 1.84. The summed E-state index contributed by atoms with van der Waals surface area (Å²) in [6, 6.07) is 6.23. The molecule has 0 bridgehead atoms. The first-order valence-corrected chi connectivity index (χ1v) is 5.32. The summed E-state index contributed by atoms with van der Waals surface area (Å²) in [5, 5.41) is 17.9. The summed E-state index contributed by atoms with van der Waals surface area (Å²) in [4.78, 5) is 10.1. The quantitative estimate of drug-likeness (QED) is 0.485. The number of anilines is 2. The average molecular weight is 247 g/mol. The maximum Gasteiger partial charge on any atom is 0.271 e. The Morgan fingerprint density at radius 2 is 2.28 bits per heavy atom. The molecule has 1 aromatic carbocycles. The van der Waals surface area contributed by atoms with Gasteiger partial charge in [-0.15, -0.1) is 0 Å². The third-order valence-electron chi connectivity index (χ3n) is 2.47. The third kappa shape index (κ3) is 2.57. The van der Waals surface area contributed by atoms with Gasteiger partial charge in [0.25, 0.3) is 5.69 Å². The van der Waals surface area contributed by atoms with E-state index < -0.39 is 4.92 Å².